The van der Waals surface area contributed by atoms with Gasteiger partial charge in [-0.25, -0.2) is 13.4 Å². The van der Waals surface area contributed by atoms with Crippen LogP contribution in [-0.4, -0.2) is 36.9 Å². The molecular formula is C13H11F3N2O3S2. The molecule has 23 heavy (non-hydrogen) atoms. The molecule has 0 aliphatic carbocycles. The number of hydrogen-bond acceptors (Lipinski definition) is 5. The van der Waals surface area contributed by atoms with E-state index >= 15 is 0 Å². The number of sulfonamides is 1. The molecule has 10 heteroatoms. The van der Waals surface area contributed by atoms with Crippen LogP contribution in [0.5, 0.6) is 5.19 Å². The Labute approximate surface area is 134 Å². The van der Waals surface area contributed by atoms with E-state index in [1.165, 1.54) is 17.4 Å². The Bertz CT molecular complexity index is 785. The monoisotopic (exact) mass is 364 g/mol. The largest absolute Gasteiger partial charge is 0.464 e. The molecule has 0 radical (unpaired) electrons. The fourth-order valence-electron chi connectivity index (χ4n) is 2.15. The van der Waals surface area contributed by atoms with Crippen LogP contribution in [0.1, 0.15) is 5.56 Å². The van der Waals surface area contributed by atoms with Gasteiger partial charge in [-0.2, -0.15) is 17.5 Å². The second kappa shape index (κ2) is 5.77. The van der Waals surface area contributed by atoms with Crippen molar-refractivity contribution < 1.29 is 26.3 Å². The molecule has 0 spiro atoms. The molecule has 5 nitrogen and oxygen atoms in total. The Morgan fingerprint density at radius 2 is 1.96 bits per heavy atom. The van der Waals surface area contributed by atoms with Crippen LogP contribution in [0.15, 0.2) is 40.7 Å². The fraction of sp³-hybridized carbons (Fsp3) is 0.308. The van der Waals surface area contributed by atoms with Gasteiger partial charge in [0.15, 0.2) is 0 Å². The van der Waals surface area contributed by atoms with Crippen molar-refractivity contribution >= 4 is 21.4 Å². The molecule has 1 aromatic carbocycles. The minimum Gasteiger partial charge on any atom is -0.464 e. The van der Waals surface area contributed by atoms with E-state index in [4.69, 9.17) is 4.74 Å². The molecule has 124 valence electrons. The van der Waals surface area contributed by atoms with Gasteiger partial charge in [-0.15, -0.1) is 0 Å². The zero-order chi connectivity index (χ0) is 16.7. The zero-order valence-corrected chi connectivity index (χ0v) is 13.2. The summed E-state index contributed by atoms with van der Waals surface area (Å²) < 4.78 is 70.1. The maximum Gasteiger partial charge on any atom is 0.417 e. The van der Waals surface area contributed by atoms with E-state index in [1.807, 2.05) is 0 Å². The highest BCUT2D eigenvalue weighted by atomic mass is 32.2. The smallest absolute Gasteiger partial charge is 0.417 e. The molecule has 1 saturated heterocycles. The molecule has 0 atom stereocenters. The highest BCUT2D eigenvalue weighted by Gasteiger charge is 2.43. The first-order chi connectivity index (χ1) is 10.8. The van der Waals surface area contributed by atoms with Crippen LogP contribution in [-0.2, 0) is 16.2 Å². The van der Waals surface area contributed by atoms with Crippen LogP contribution in [0.3, 0.4) is 0 Å². The second-order valence-corrected chi connectivity index (χ2v) is 7.62. The molecule has 1 fully saturated rings. The first-order valence-electron chi connectivity index (χ1n) is 6.51. The van der Waals surface area contributed by atoms with E-state index < -0.39 is 32.8 Å². The van der Waals surface area contributed by atoms with Crippen LogP contribution in [0.25, 0.3) is 0 Å². The summed E-state index contributed by atoms with van der Waals surface area (Å²) in [7, 11) is -4.21. The van der Waals surface area contributed by atoms with Crippen molar-refractivity contribution in [1.29, 1.82) is 0 Å². The quantitative estimate of drug-likeness (QED) is 0.837. The predicted octanol–water partition coefficient (Wildman–Crippen LogP) is 2.61. The Morgan fingerprint density at radius 3 is 2.57 bits per heavy atom. The van der Waals surface area contributed by atoms with Crippen molar-refractivity contribution in [2.45, 2.75) is 17.2 Å². The molecule has 0 amide bonds. The standard InChI is InChI=1S/C13H11F3N2O3S2/c14-13(15,16)10-3-1-2-4-11(10)23(19,20)18-7-9(8-18)21-12-17-5-6-22-12/h1-6,9H,7-8H2. The molecule has 0 unspecified atom stereocenters. The number of thiazole rings is 1. The van der Waals surface area contributed by atoms with Gasteiger partial charge in [-0.1, -0.05) is 23.5 Å². The van der Waals surface area contributed by atoms with Gasteiger partial charge in [0.1, 0.15) is 6.10 Å². The fourth-order valence-corrected chi connectivity index (χ4v) is 4.41. The molecule has 1 aliphatic rings. The molecule has 2 aromatic rings. The third-order valence-corrected chi connectivity index (χ3v) is 5.85. The van der Waals surface area contributed by atoms with Gasteiger partial charge in [0, 0.05) is 11.6 Å². The lowest BCUT2D eigenvalue weighted by Gasteiger charge is -2.37. The number of hydrogen-bond donors (Lipinski definition) is 0. The summed E-state index contributed by atoms with van der Waals surface area (Å²) in [5, 5.41) is 2.12. The lowest BCUT2D eigenvalue weighted by Crippen LogP contribution is -2.56. The molecule has 3 rings (SSSR count). The van der Waals surface area contributed by atoms with Gasteiger partial charge >= 0.3 is 6.18 Å². The maximum absolute atomic E-state index is 13.0. The summed E-state index contributed by atoms with van der Waals surface area (Å²) >= 11 is 1.26. The summed E-state index contributed by atoms with van der Waals surface area (Å²) in [6.07, 6.45) is -3.59. The van der Waals surface area contributed by atoms with Gasteiger partial charge in [0.2, 0.25) is 10.0 Å². The number of rotatable bonds is 4. The Hall–Kier alpha value is -1.65. The van der Waals surface area contributed by atoms with E-state index in [0.29, 0.717) is 5.19 Å². The summed E-state index contributed by atoms with van der Waals surface area (Å²) in [5.74, 6) is 0. The van der Waals surface area contributed by atoms with Gasteiger partial charge in [-0.3, -0.25) is 0 Å². The summed E-state index contributed by atoms with van der Waals surface area (Å²) in [5.41, 5.74) is -1.16. The van der Waals surface area contributed by atoms with Gasteiger partial charge in [0.25, 0.3) is 5.19 Å². The minimum atomic E-state index is -4.73. The average molecular weight is 364 g/mol. The lowest BCUT2D eigenvalue weighted by atomic mass is 10.2. The molecule has 0 bridgehead atoms. The second-order valence-electron chi connectivity index (χ2n) is 4.85. The highest BCUT2D eigenvalue weighted by Crippen LogP contribution is 2.36. The molecule has 0 N–H and O–H groups in total. The number of aromatic nitrogens is 1. The van der Waals surface area contributed by atoms with E-state index in [1.54, 1.807) is 11.6 Å². The van der Waals surface area contributed by atoms with Crippen LogP contribution in [0.2, 0.25) is 0 Å². The van der Waals surface area contributed by atoms with Crippen molar-refractivity contribution in [2.24, 2.45) is 0 Å². The average Bonchev–Trinajstić information content (AvgIpc) is 2.94. The van der Waals surface area contributed by atoms with Crippen molar-refractivity contribution in [3.63, 3.8) is 0 Å². The number of nitrogens with zero attached hydrogens (tertiary/aromatic N) is 2. The molecular weight excluding hydrogens is 353 g/mol. The topological polar surface area (TPSA) is 59.5 Å². The Balaban J connectivity index is 1.77. The number of benzene rings is 1. The van der Waals surface area contributed by atoms with Gasteiger partial charge < -0.3 is 4.74 Å². The van der Waals surface area contributed by atoms with Crippen LogP contribution in [0.4, 0.5) is 13.2 Å². The Morgan fingerprint density at radius 1 is 1.26 bits per heavy atom. The van der Waals surface area contributed by atoms with E-state index in [0.717, 1.165) is 22.5 Å². The molecule has 1 aliphatic heterocycles. The number of halogens is 3. The normalized spacial score (nSPS) is 17.0. The minimum absolute atomic E-state index is 0.00585. The molecule has 1 aromatic heterocycles. The molecule has 2 heterocycles. The van der Waals surface area contributed by atoms with Gasteiger partial charge in [-0.05, 0) is 12.1 Å². The van der Waals surface area contributed by atoms with E-state index in [9.17, 15) is 21.6 Å². The first-order valence-corrected chi connectivity index (χ1v) is 8.83. The first kappa shape index (κ1) is 16.2. The molecule has 0 saturated carbocycles. The highest BCUT2D eigenvalue weighted by molar-refractivity contribution is 7.89. The summed E-state index contributed by atoms with van der Waals surface area (Å²) in [6, 6.07) is 4.15. The van der Waals surface area contributed by atoms with Crippen LogP contribution in [0, 0.1) is 0 Å². The van der Waals surface area contributed by atoms with Crippen molar-refractivity contribution in [1.82, 2.24) is 9.29 Å². The Kier molecular flexibility index (Phi) is 4.07. The SMILES string of the molecule is O=S(=O)(c1ccccc1C(F)(F)F)N1CC(Oc2nccs2)C1. The summed E-state index contributed by atoms with van der Waals surface area (Å²) in [4.78, 5) is 3.17. The van der Waals surface area contributed by atoms with E-state index in [2.05, 4.69) is 4.98 Å². The van der Waals surface area contributed by atoms with Gasteiger partial charge in [0.05, 0.1) is 23.5 Å². The van der Waals surface area contributed by atoms with Crippen LogP contribution < -0.4 is 4.74 Å². The van der Waals surface area contributed by atoms with Crippen LogP contribution >= 0.6 is 11.3 Å². The van der Waals surface area contributed by atoms with Crippen molar-refractivity contribution in [2.75, 3.05) is 13.1 Å². The predicted molar refractivity (Wildman–Crippen MR) is 76.7 cm³/mol. The number of ether oxygens (including phenoxy) is 1. The number of alkyl halides is 3. The zero-order valence-electron chi connectivity index (χ0n) is 11.5. The lowest BCUT2D eigenvalue weighted by molar-refractivity contribution is -0.139. The third-order valence-electron chi connectivity index (χ3n) is 3.30. The van der Waals surface area contributed by atoms with Crippen molar-refractivity contribution in [3.05, 3.63) is 41.4 Å². The third kappa shape index (κ3) is 3.19. The van der Waals surface area contributed by atoms with Crippen molar-refractivity contribution in [3.8, 4) is 5.19 Å². The maximum atomic E-state index is 13.0. The summed E-state index contributed by atoms with van der Waals surface area (Å²) in [6.45, 7) is -0.0117. The van der Waals surface area contributed by atoms with E-state index in [-0.39, 0.29) is 13.1 Å².